The van der Waals surface area contributed by atoms with Gasteiger partial charge >= 0.3 is 0 Å². The fraction of sp³-hybridized carbons (Fsp3) is 0.385. The van der Waals surface area contributed by atoms with Gasteiger partial charge in [-0.15, -0.1) is 11.3 Å². The smallest absolute Gasteiger partial charge is 0.257 e. The van der Waals surface area contributed by atoms with E-state index in [4.69, 9.17) is 0 Å². The summed E-state index contributed by atoms with van der Waals surface area (Å²) in [7, 11) is 1.77. The van der Waals surface area contributed by atoms with Gasteiger partial charge in [0.05, 0.1) is 22.3 Å². The van der Waals surface area contributed by atoms with Crippen molar-refractivity contribution in [3.05, 3.63) is 39.9 Å². The van der Waals surface area contributed by atoms with Crippen molar-refractivity contribution >= 4 is 17.2 Å². The van der Waals surface area contributed by atoms with Gasteiger partial charge in [-0.1, -0.05) is 0 Å². The van der Waals surface area contributed by atoms with Crippen LogP contribution in [0.5, 0.6) is 0 Å². The molecule has 1 atom stereocenters. The van der Waals surface area contributed by atoms with Crippen LogP contribution in [-0.2, 0) is 0 Å². The third kappa shape index (κ3) is 2.78. The van der Waals surface area contributed by atoms with E-state index in [-0.39, 0.29) is 11.9 Å². The molecule has 0 aliphatic heterocycles. The maximum atomic E-state index is 12.3. The standard InChI is InChI=1S/C13H16N4OS/c1-8(12-9(2)19-10(3)16-12)17(4)13(18)11-5-14-7-15-6-11/h5-8H,1-4H3. The second kappa shape index (κ2) is 5.44. The largest absolute Gasteiger partial charge is 0.333 e. The normalized spacial score (nSPS) is 12.2. The van der Waals surface area contributed by atoms with Gasteiger partial charge in [0.2, 0.25) is 0 Å². The average Bonchev–Trinajstić information content (AvgIpc) is 2.76. The van der Waals surface area contributed by atoms with Gasteiger partial charge in [0, 0.05) is 24.3 Å². The van der Waals surface area contributed by atoms with Crippen LogP contribution in [0.15, 0.2) is 18.7 Å². The molecule has 6 heteroatoms. The Balaban J connectivity index is 2.22. The van der Waals surface area contributed by atoms with Gasteiger partial charge in [0.1, 0.15) is 6.33 Å². The van der Waals surface area contributed by atoms with Crippen LogP contribution in [0, 0.1) is 13.8 Å². The number of thiazole rings is 1. The monoisotopic (exact) mass is 276 g/mol. The number of nitrogens with zero attached hydrogens (tertiary/aromatic N) is 4. The second-order valence-electron chi connectivity index (χ2n) is 4.39. The van der Waals surface area contributed by atoms with Crippen molar-refractivity contribution in [3.8, 4) is 0 Å². The summed E-state index contributed by atoms with van der Waals surface area (Å²) in [5, 5.41) is 1.02. The molecular formula is C13H16N4OS. The number of rotatable bonds is 3. The fourth-order valence-corrected chi connectivity index (χ4v) is 2.81. The van der Waals surface area contributed by atoms with Crippen LogP contribution in [0.1, 0.15) is 38.9 Å². The highest BCUT2D eigenvalue weighted by Gasteiger charge is 2.22. The Morgan fingerprint density at radius 1 is 1.32 bits per heavy atom. The molecule has 0 aromatic carbocycles. The molecule has 1 amide bonds. The molecule has 19 heavy (non-hydrogen) atoms. The first-order chi connectivity index (χ1) is 9.00. The molecule has 0 aliphatic rings. The molecular weight excluding hydrogens is 260 g/mol. The summed E-state index contributed by atoms with van der Waals surface area (Å²) in [5.74, 6) is -0.0989. The number of aryl methyl sites for hydroxylation is 2. The zero-order valence-corrected chi connectivity index (χ0v) is 12.2. The highest BCUT2D eigenvalue weighted by molar-refractivity contribution is 7.11. The first-order valence-electron chi connectivity index (χ1n) is 5.96. The zero-order valence-electron chi connectivity index (χ0n) is 11.4. The summed E-state index contributed by atoms with van der Waals surface area (Å²) in [5.41, 5.74) is 1.44. The summed E-state index contributed by atoms with van der Waals surface area (Å²) in [4.78, 5) is 27.4. The predicted molar refractivity (Wildman–Crippen MR) is 74.1 cm³/mol. The van der Waals surface area contributed by atoms with E-state index in [1.54, 1.807) is 23.3 Å². The molecule has 0 spiro atoms. The summed E-state index contributed by atoms with van der Waals surface area (Å²) in [6, 6.07) is -0.0716. The summed E-state index contributed by atoms with van der Waals surface area (Å²) < 4.78 is 0. The molecule has 100 valence electrons. The van der Waals surface area contributed by atoms with Crippen LogP contribution >= 0.6 is 11.3 Å². The van der Waals surface area contributed by atoms with Crippen molar-refractivity contribution in [3.63, 3.8) is 0 Å². The minimum Gasteiger partial charge on any atom is -0.333 e. The minimum atomic E-state index is -0.0989. The summed E-state index contributed by atoms with van der Waals surface area (Å²) >= 11 is 1.65. The van der Waals surface area contributed by atoms with E-state index >= 15 is 0 Å². The Hall–Kier alpha value is -1.82. The van der Waals surface area contributed by atoms with Crippen LogP contribution in [0.25, 0.3) is 0 Å². The first kappa shape index (κ1) is 13.6. The van der Waals surface area contributed by atoms with Crippen LogP contribution in [0.4, 0.5) is 0 Å². The zero-order chi connectivity index (χ0) is 14.0. The van der Waals surface area contributed by atoms with Crippen LogP contribution in [0.2, 0.25) is 0 Å². The molecule has 2 heterocycles. The third-order valence-electron chi connectivity index (χ3n) is 3.04. The maximum absolute atomic E-state index is 12.3. The second-order valence-corrected chi connectivity index (χ2v) is 5.80. The number of carbonyl (C=O) groups is 1. The van der Waals surface area contributed by atoms with Crippen molar-refractivity contribution in [2.24, 2.45) is 0 Å². The quantitative estimate of drug-likeness (QED) is 0.863. The van der Waals surface area contributed by atoms with E-state index in [2.05, 4.69) is 15.0 Å². The molecule has 5 nitrogen and oxygen atoms in total. The van der Waals surface area contributed by atoms with Gasteiger partial charge in [0.25, 0.3) is 5.91 Å². The fourth-order valence-electron chi connectivity index (χ4n) is 1.91. The third-order valence-corrected chi connectivity index (χ3v) is 3.95. The molecule has 0 bridgehead atoms. The van der Waals surface area contributed by atoms with Crippen LogP contribution < -0.4 is 0 Å². The van der Waals surface area contributed by atoms with Crippen LogP contribution in [0.3, 0.4) is 0 Å². The van der Waals surface area contributed by atoms with E-state index in [1.807, 2.05) is 20.8 Å². The van der Waals surface area contributed by atoms with Gasteiger partial charge < -0.3 is 4.90 Å². The Labute approximate surface area is 116 Å². The predicted octanol–water partition coefficient (Wildman–Crippen LogP) is 2.38. The van der Waals surface area contributed by atoms with E-state index < -0.39 is 0 Å². The molecule has 0 N–H and O–H groups in total. The molecule has 2 aromatic heterocycles. The van der Waals surface area contributed by atoms with Gasteiger partial charge in [0.15, 0.2) is 0 Å². The molecule has 0 saturated carbocycles. The molecule has 0 fully saturated rings. The maximum Gasteiger partial charge on any atom is 0.257 e. The number of hydrogen-bond acceptors (Lipinski definition) is 5. The van der Waals surface area contributed by atoms with Crippen molar-refractivity contribution in [1.82, 2.24) is 19.9 Å². The molecule has 2 aromatic rings. The summed E-state index contributed by atoms with van der Waals surface area (Å²) in [6.07, 6.45) is 4.46. The van der Waals surface area contributed by atoms with Crippen molar-refractivity contribution < 1.29 is 4.79 Å². The lowest BCUT2D eigenvalue weighted by atomic mass is 10.1. The average molecular weight is 276 g/mol. The number of carbonyl (C=O) groups excluding carboxylic acids is 1. The lowest BCUT2D eigenvalue weighted by Crippen LogP contribution is -2.30. The number of aromatic nitrogens is 3. The molecule has 1 unspecified atom stereocenters. The Morgan fingerprint density at radius 2 is 1.95 bits per heavy atom. The highest BCUT2D eigenvalue weighted by atomic mass is 32.1. The Morgan fingerprint density at radius 3 is 2.47 bits per heavy atom. The molecule has 0 saturated heterocycles. The van der Waals surface area contributed by atoms with Gasteiger partial charge in [-0.2, -0.15) is 0 Å². The Kier molecular flexibility index (Phi) is 3.90. The lowest BCUT2D eigenvalue weighted by molar-refractivity contribution is 0.0739. The van der Waals surface area contributed by atoms with E-state index in [0.717, 1.165) is 15.6 Å². The van der Waals surface area contributed by atoms with Gasteiger partial charge in [-0.05, 0) is 20.8 Å². The minimum absolute atomic E-state index is 0.0716. The van der Waals surface area contributed by atoms with Gasteiger partial charge in [-0.25, -0.2) is 15.0 Å². The van der Waals surface area contributed by atoms with E-state index in [1.165, 1.54) is 18.7 Å². The molecule has 2 rings (SSSR count). The molecule has 0 radical (unpaired) electrons. The molecule has 0 aliphatic carbocycles. The highest BCUT2D eigenvalue weighted by Crippen LogP contribution is 2.26. The Bertz CT molecular complexity index is 582. The topological polar surface area (TPSA) is 59.0 Å². The number of hydrogen-bond donors (Lipinski definition) is 0. The van der Waals surface area contributed by atoms with Crippen molar-refractivity contribution in [2.75, 3.05) is 7.05 Å². The van der Waals surface area contributed by atoms with Gasteiger partial charge in [-0.3, -0.25) is 4.79 Å². The van der Waals surface area contributed by atoms with E-state index in [0.29, 0.717) is 5.56 Å². The van der Waals surface area contributed by atoms with Crippen molar-refractivity contribution in [1.29, 1.82) is 0 Å². The lowest BCUT2D eigenvalue weighted by Gasteiger charge is -2.24. The SMILES string of the molecule is Cc1nc(C(C)N(C)C(=O)c2cncnc2)c(C)s1. The first-order valence-corrected chi connectivity index (χ1v) is 6.78. The number of amides is 1. The van der Waals surface area contributed by atoms with E-state index in [9.17, 15) is 4.79 Å². The summed E-state index contributed by atoms with van der Waals surface area (Å²) in [6.45, 7) is 5.98. The van der Waals surface area contributed by atoms with Crippen LogP contribution in [-0.4, -0.2) is 32.8 Å². The van der Waals surface area contributed by atoms with Crippen molar-refractivity contribution in [2.45, 2.75) is 26.8 Å².